The van der Waals surface area contributed by atoms with E-state index in [0.717, 1.165) is 46.3 Å². The Bertz CT molecular complexity index is 867. The van der Waals surface area contributed by atoms with Gasteiger partial charge >= 0.3 is 0 Å². The summed E-state index contributed by atoms with van der Waals surface area (Å²) in [5.74, 6) is 0.0582. The van der Waals surface area contributed by atoms with Crippen LogP contribution >= 0.6 is 0 Å². The number of carbonyl (C=O) groups excluding carboxylic acids is 2. The summed E-state index contributed by atoms with van der Waals surface area (Å²) in [4.78, 5) is 24.5. The van der Waals surface area contributed by atoms with E-state index in [1.54, 1.807) is 6.92 Å². The topological polar surface area (TPSA) is 58.2 Å². The molecule has 2 aromatic rings. The lowest BCUT2D eigenvalue weighted by Crippen LogP contribution is -2.26. The van der Waals surface area contributed by atoms with Crippen LogP contribution < -0.4 is 10.6 Å². The zero-order chi connectivity index (χ0) is 18.8. The average molecular weight is 350 g/mol. The summed E-state index contributed by atoms with van der Waals surface area (Å²) in [7, 11) is 0. The quantitative estimate of drug-likeness (QED) is 0.763. The van der Waals surface area contributed by atoms with Crippen LogP contribution in [0.15, 0.2) is 30.3 Å². The van der Waals surface area contributed by atoms with Gasteiger partial charge in [0, 0.05) is 23.8 Å². The highest BCUT2D eigenvalue weighted by atomic mass is 16.1. The molecule has 1 amide bonds. The molecule has 0 spiro atoms. The maximum atomic E-state index is 12.5. The SMILES string of the molecule is CC(=O)c1c(C)cc(C)c(CNc2ccccc2C(=O)NC2CC2)c1C. The van der Waals surface area contributed by atoms with E-state index in [-0.39, 0.29) is 11.7 Å². The second-order valence-electron chi connectivity index (χ2n) is 7.19. The molecule has 1 saturated carbocycles. The zero-order valence-corrected chi connectivity index (χ0v) is 15.9. The van der Waals surface area contributed by atoms with Crippen molar-refractivity contribution in [1.82, 2.24) is 5.32 Å². The van der Waals surface area contributed by atoms with Crippen molar-refractivity contribution in [3.05, 3.63) is 63.7 Å². The summed E-state index contributed by atoms with van der Waals surface area (Å²) >= 11 is 0. The lowest BCUT2D eigenvalue weighted by molar-refractivity contribution is 0.0950. The van der Waals surface area contributed by atoms with Gasteiger partial charge in [-0.15, -0.1) is 0 Å². The van der Waals surface area contributed by atoms with E-state index in [2.05, 4.69) is 23.6 Å². The molecule has 3 rings (SSSR count). The monoisotopic (exact) mass is 350 g/mol. The molecule has 1 fully saturated rings. The fourth-order valence-electron chi connectivity index (χ4n) is 3.55. The predicted octanol–water partition coefficient (Wildman–Crippen LogP) is 4.32. The molecule has 0 saturated heterocycles. The van der Waals surface area contributed by atoms with Crippen molar-refractivity contribution in [2.75, 3.05) is 5.32 Å². The van der Waals surface area contributed by atoms with Gasteiger partial charge in [0.05, 0.1) is 5.56 Å². The van der Waals surface area contributed by atoms with Crippen LogP contribution in [0.1, 0.15) is 62.7 Å². The largest absolute Gasteiger partial charge is 0.380 e. The van der Waals surface area contributed by atoms with Crippen LogP contribution in [0.25, 0.3) is 0 Å². The number of amides is 1. The second kappa shape index (κ2) is 7.32. The van der Waals surface area contributed by atoms with Crippen molar-refractivity contribution in [3.63, 3.8) is 0 Å². The number of nitrogens with one attached hydrogen (secondary N) is 2. The molecule has 0 aliphatic heterocycles. The van der Waals surface area contributed by atoms with Gasteiger partial charge in [-0.1, -0.05) is 18.2 Å². The summed E-state index contributed by atoms with van der Waals surface area (Å²) in [5, 5.41) is 6.44. The van der Waals surface area contributed by atoms with Gasteiger partial charge in [0.25, 0.3) is 5.91 Å². The van der Waals surface area contributed by atoms with Gasteiger partial charge in [-0.2, -0.15) is 0 Å². The molecule has 0 heterocycles. The Morgan fingerprint density at radius 3 is 2.42 bits per heavy atom. The van der Waals surface area contributed by atoms with Crippen LogP contribution in [-0.4, -0.2) is 17.7 Å². The van der Waals surface area contributed by atoms with Gasteiger partial charge in [0.15, 0.2) is 5.78 Å². The van der Waals surface area contributed by atoms with E-state index >= 15 is 0 Å². The van der Waals surface area contributed by atoms with Crippen molar-refractivity contribution >= 4 is 17.4 Å². The maximum absolute atomic E-state index is 12.5. The standard InChI is InChI=1S/C22H26N2O2/c1-13-11-14(2)21(16(4)25)15(3)19(13)12-23-20-8-6-5-7-18(20)22(26)24-17-9-10-17/h5-8,11,17,23H,9-10,12H2,1-4H3,(H,24,26). The highest BCUT2D eigenvalue weighted by Crippen LogP contribution is 2.25. The van der Waals surface area contributed by atoms with E-state index in [1.165, 1.54) is 0 Å². The van der Waals surface area contributed by atoms with Gasteiger partial charge < -0.3 is 10.6 Å². The van der Waals surface area contributed by atoms with Crippen LogP contribution in [0.2, 0.25) is 0 Å². The first-order valence-corrected chi connectivity index (χ1v) is 9.13. The first-order valence-electron chi connectivity index (χ1n) is 9.13. The van der Waals surface area contributed by atoms with Crippen molar-refractivity contribution in [2.45, 2.75) is 53.1 Å². The Labute approximate surface area is 155 Å². The number of benzene rings is 2. The summed E-state index contributed by atoms with van der Waals surface area (Å²) < 4.78 is 0. The zero-order valence-electron chi connectivity index (χ0n) is 15.9. The Kier molecular flexibility index (Phi) is 5.12. The molecule has 26 heavy (non-hydrogen) atoms. The van der Waals surface area contributed by atoms with Crippen LogP contribution in [-0.2, 0) is 6.54 Å². The van der Waals surface area contributed by atoms with Crippen LogP contribution in [0.3, 0.4) is 0 Å². The highest BCUT2D eigenvalue weighted by Gasteiger charge is 2.24. The van der Waals surface area contributed by atoms with Crippen LogP contribution in [0, 0.1) is 20.8 Å². The van der Waals surface area contributed by atoms with Crippen LogP contribution in [0.4, 0.5) is 5.69 Å². The normalized spacial score (nSPS) is 13.4. The van der Waals surface area contributed by atoms with Gasteiger partial charge in [-0.25, -0.2) is 0 Å². The third kappa shape index (κ3) is 3.79. The predicted molar refractivity (Wildman–Crippen MR) is 105 cm³/mol. The minimum atomic E-state index is -0.0302. The summed E-state index contributed by atoms with van der Waals surface area (Å²) in [5.41, 5.74) is 6.56. The Morgan fingerprint density at radius 1 is 1.08 bits per heavy atom. The fourth-order valence-corrected chi connectivity index (χ4v) is 3.55. The fraction of sp³-hybridized carbons (Fsp3) is 0.364. The third-order valence-corrected chi connectivity index (χ3v) is 5.02. The number of anilines is 1. The van der Waals surface area contributed by atoms with Crippen molar-refractivity contribution in [3.8, 4) is 0 Å². The van der Waals surface area contributed by atoms with Crippen molar-refractivity contribution in [2.24, 2.45) is 0 Å². The molecule has 0 atom stereocenters. The van der Waals surface area contributed by atoms with Gasteiger partial charge in [-0.3, -0.25) is 9.59 Å². The number of para-hydroxylation sites is 1. The molecule has 2 aromatic carbocycles. The molecule has 1 aliphatic carbocycles. The smallest absolute Gasteiger partial charge is 0.253 e. The Morgan fingerprint density at radius 2 is 1.77 bits per heavy atom. The molecule has 136 valence electrons. The molecule has 1 aliphatic rings. The second-order valence-corrected chi connectivity index (χ2v) is 7.19. The first-order chi connectivity index (χ1) is 12.4. The molecule has 0 aromatic heterocycles. The van der Waals surface area contributed by atoms with Gasteiger partial charge in [0.2, 0.25) is 0 Å². The molecule has 4 nitrogen and oxygen atoms in total. The van der Waals surface area contributed by atoms with E-state index in [9.17, 15) is 9.59 Å². The Balaban J connectivity index is 1.85. The minimum absolute atomic E-state index is 0.0302. The number of carbonyl (C=O) groups is 2. The molecule has 0 radical (unpaired) electrons. The van der Waals surface area contributed by atoms with E-state index in [0.29, 0.717) is 18.2 Å². The average Bonchev–Trinajstić information content (AvgIpc) is 3.38. The molecule has 0 bridgehead atoms. The van der Waals surface area contributed by atoms with E-state index in [1.807, 2.05) is 38.1 Å². The van der Waals surface area contributed by atoms with E-state index in [4.69, 9.17) is 0 Å². The number of Topliss-reactive ketones (excluding diaryl/α,β-unsaturated/α-hetero) is 1. The highest BCUT2D eigenvalue weighted by molar-refractivity contribution is 6.00. The molecular formula is C22H26N2O2. The van der Waals surface area contributed by atoms with Crippen LogP contribution in [0.5, 0.6) is 0 Å². The number of hydrogen-bond acceptors (Lipinski definition) is 3. The molecule has 0 unspecified atom stereocenters. The van der Waals surface area contributed by atoms with Gasteiger partial charge in [-0.05, 0) is 74.9 Å². The van der Waals surface area contributed by atoms with Gasteiger partial charge in [0.1, 0.15) is 0 Å². The molecule has 4 heteroatoms. The Hall–Kier alpha value is -2.62. The lowest BCUT2D eigenvalue weighted by atomic mass is 9.91. The first kappa shape index (κ1) is 18.2. The maximum Gasteiger partial charge on any atom is 0.253 e. The van der Waals surface area contributed by atoms with Crippen molar-refractivity contribution < 1.29 is 9.59 Å². The number of ketones is 1. The number of hydrogen-bond donors (Lipinski definition) is 2. The number of aryl methyl sites for hydroxylation is 2. The molecular weight excluding hydrogens is 324 g/mol. The third-order valence-electron chi connectivity index (χ3n) is 5.02. The lowest BCUT2D eigenvalue weighted by Gasteiger charge is -2.18. The summed E-state index contributed by atoms with van der Waals surface area (Å²) in [6, 6.07) is 9.96. The minimum Gasteiger partial charge on any atom is -0.380 e. The summed E-state index contributed by atoms with van der Waals surface area (Å²) in [6.07, 6.45) is 2.13. The van der Waals surface area contributed by atoms with Crippen molar-refractivity contribution in [1.29, 1.82) is 0 Å². The summed E-state index contributed by atoms with van der Waals surface area (Å²) in [6.45, 7) is 8.23. The molecule has 2 N–H and O–H groups in total. The number of rotatable bonds is 6. The van der Waals surface area contributed by atoms with E-state index < -0.39 is 0 Å².